The van der Waals surface area contributed by atoms with E-state index in [1.807, 2.05) is 6.07 Å². The van der Waals surface area contributed by atoms with Crippen LogP contribution in [0.4, 0.5) is 4.79 Å². The Hall–Kier alpha value is -2.39. The lowest BCUT2D eigenvalue weighted by Gasteiger charge is -2.23. The smallest absolute Gasteiger partial charge is 0.251 e. The molecule has 1 rings (SSSR count). The number of aliphatic hydroxyl groups excluding tert-OH is 1. The predicted octanol–water partition coefficient (Wildman–Crippen LogP) is -0.0856. The standard InChI is InChI=1S/C17H24BN3O5/c1-26-16(24)13(21-15(23)12-7-3-2-4-8-12)9-5-6-10-19-14(22)11-20-17(18)25/h2-4,7-8,13,16,24H,5-6,9-11H2,1H3,(H,19,22)(H,20,25)(H,21,23)/t13-,16?/m0/s1. The quantitative estimate of drug-likeness (QED) is 0.250. The zero-order valence-corrected chi connectivity index (χ0v) is 14.7. The number of aliphatic hydroxyl groups is 1. The molecule has 1 aromatic carbocycles. The second kappa shape index (κ2) is 12.0. The summed E-state index contributed by atoms with van der Waals surface area (Å²) in [5, 5.41) is 17.5. The van der Waals surface area contributed by atoms with Crippen LogP contribution >= 0.6 is 0 Å². The van der Waals surface area contributed by atoms with Gasteiger partial charge >= 0.3 is 0 Å². The van der Waals surface area contributed by atoms with Gasteiger partial charge in [0, 0.05) is 19.2 Å². The van der Waals surface area contributed by atoms with E-state index in [2.05, 4.69) is 16.0 Å². The molecule has 4 N–H and O–H groups in total. The Kier molecular flexibility index (Phi) is 10.0. The second-order valence-electron chi connectivity index (χ2n) is 5.64. The van der Waals surface area contributed by atoms with Crippen LogP contribution in [0.3, 0.4) is 0 Å². The SMILES string of the molecule is [B]C(=O)NCC(=O)NCCCC[C@H](NC(=O)c1ccccc1)C(O)OC. The molecule has 0 aliphatic rings. The first-order chi connectivity index (χ1) is 12.4. The van der Waals surface area contributed by atoms with Crippen molar-refractivity contribution < 1.29 is 24.2 Å². The molecular formula is C17H24BN3O5. The van der Waals surface area contributed by atoms with Crippen molar-refractivity contribution in [2.75, 3.05) is 20.2 Å². The Labute approximate surface area is 154 Å². The third-order valence-electron chi connectivity index (χ3n) is 3.63. The number of carbonyl (C=O) groups excluding carboxylic acids is 3. The van der Waals surface area contributed by atoms with Crippen LogP contribution in [-0.2, 0) is 9.53 Å². The Morgan fingerprint density at radius 3 is 2.46 bits per heavy atom. The lowest BCUT2D eigenvalue weighted by Crippen LogP contribution is -2.44. The van der Waals surface area contributed by atoms with Crippen LogP contribution in [0.5, 0.6) is 0 Å². The number of carbonyl (C=O) groups is 3. The van der Waals surface area contributed by atoms with Crippen LogP contribution in [-0.4, -0.2) is 63.1 Å². The summed E-state index contributed by atoms with van der Waals surface area (Å²) in [7, 11) is 6.23. The van der Waals surface area contributed by atoms with Gasteiger partial charge in [-0.3, -0.25) is 14.4 Å². The van der Waals surface area contributed by atoms with Gasteiger partial charge < -0.3 is 25.8 Å². The van der Waals surface area contributed by atoms with E-state index in [1.54, 1.807) is 24.3 Å². The largest absolute Gasteiger partial charge is 0.366 e. The Morgan fingerprint density at radius 1 is 1.15 bits per heavy atom. The van der Waals surface area contributed by atoms with Crippen LogP contribution < -0.4 is 16.0 Å². The number of nitrogens with one attached hydrogen (secondary N) is 3. The highest BCUT2D eigenvalue weighted by Crippen LogP contribution is 2.08. The summed E-state index contributed by atoms with van der Waals surface area (Å²) in [6, 6.07) is 8.12. The predicted molar refractivity (Wildman–Crippen MR) is 96.7 cm³/mol. The van der Waals surface area contributed by atoms with Gasteiger partial charge in [-0.2, -0.15) is 0 Å². The molecule has 0 heterocycles. The minimum absolute atomic E-state index is 0.173. The van der Waals surface area contributed by atoms with Gasteiger partial charge in [-0.1, -0.05) is 18.2 Å². The lowest BCUT2D eigenvalue weighted by atomic mass is 10.1. The highest BCUT2D eigenvalue weighted by atomic mass is 16.6. The van der Waals surface area contributed by atoms with Crippen molar-refractivity contribution in [3.8, 4) is 0 Å². The molecule has 0 bridgehead atoms. The van der Waals surface area contributed by atoms with Crippen molar-refractivity contribution >= 4 is 25.5 Å². The minimum Gasteiger partial charge on any atom is -0.366 e. The summed E-state index contributed by atoms with van der Waals surface area (Å²) in [4.78, 5) is 34.1. The summed E-state index contributed by atoms with van der Waals surface area (Å²) >= 11 is 0. The first-order valence-corrected chi connectivity index (χ1v) is 8.30. The van der Waals surface area contributed by atoms with E-state index in [0.717, 1.165) is 0 Å². The fourth-order valence-corrected chi connectivity index (χ4v) is 2.24. The molecule has 1 aromatic rings. The molecule has 0 fully saturated rings. The maximum atomic E-state index is 12.2. The van der Waals surface area contributed by atoms with Crippen LogP contribution in [0.15, 0.2) is 30.3 Å². The van der Waals surface area contributed by atoms with E-state index in [-0.39, 0.29) is 18.4 Å². The molecule has 8 nitrogen and oxygen atoms in total. The first-order valence-electron chi connectivity index (χ1n) is 8.30. The van der Waals surface area contributed by atoms with E-state index in [4.69, 9.17) is 12.6 Å². The first kappa shape index (κ1) is 21.7. The molecule has 2 radical (unpaired) electrons. The molecule has 0 aliphatic carbocycles. The molecule has 140 valence electrons. The van der Waals surface area contributed by atoms with E-state index in [1.165, 1.54) is 7.11 Å². The maximum Gasteiger partial charge on any atom is 0.251 e. The van der Waals surface area contributed by atoms with Crippen molar-refractivity contribution in [2.45, 2.75) is 31.6 Å². The average molecular weight is 361 g/mol. The molecule has 0 aliphatic heterocycles. The molecule has 0 aromatic heterocycles. The van der Waals surface area contributed by atoms with Gasteiger partial charge in [-0.25, -0.2) is 0 Å². The fourth-order valence-electron chi connectivity index (χ4n) is 2.24. The average Bonchev–Trinajstić information content (AvgIpc) is 2.65. The Bertz CT molecular complexity index is 585. The number of amides is 3. The fraction of sp³-hybridized carbons (Fsp3) is 0.471. The van der Waals surface area contributed by atoms with E-state index in [9.17, 15) is 19.5 Å². The van der Waals surface area contributed by atoms with Gasteiger partial charge in [-0.15, -0.1) is 0 Å². The highest BCUT2D eigenvalue weighted by Gasteiger charge is 2.21. The van der Waals surface area contributed by atoms with Crippen molar-refractivity contribution in [1.82, 2.24) is 16.0 Å². The normalized spacial score (nSPS) is 12.7. The van der Waals surface area contributed by atoms with Gasteiger partial charge in [0.25, 0.3) is 5.91 Å². The third kappa shape index (κ3) is 8.64. The number of methoxy groups -OCH3 is 1. The number of hydrogen-bond acceptors (Lipinski definition) is 5. The summed E-state index contributed by atoms with van der Waals surface area (Å²) in [5.74, 6) is -1.39. The van der Waals surface area contributed by atoms with Crippen molar-refractivity contribution in [2.24, 2.45) is 0 Å². The van der Waals surface area contributed by atoms with Crippen LogP contribution in [0.25, 0.3) is 0 Å². The van der Waals surface area contributed by atoms with Crippen LogP contribution in [0.1, 0.15) is 29.6 Å². The van der Waals surface area contributed by atoms with Gasteiger partial charge in [0.05, 0.1) is 12.6 Å². The van der Waals surface area contributed by atoms with Crippen molar-refractivity contribution in [3.05, 3.63) is 35.9 Å². The summed E-state index contributed by atoms with van der Waals surface area (Å²) in [5.41, 5.74) is 0.495. The molecule has 2 atom stereocenters. The van der Waals surface area contributed by atoms with E-state index < -0.39 is 18.1 Å². The molecule has 1 unspecified atom stereocenters. The lowest BCUT2D eigenvalue weighted by molar-refractivity contribution is -0.120. The Balaban J connectivity index is 2.35. The third-order valence-corrected chi connectivity index (χ3v) is 3.63. The Morgan fingerprint density at radius 2 is 1.85 bits per heavy atom. The molecular weight excluding hydrogens is 337 g/mol. The highest BCUT2D eigenvalue weighted by molar-refractivity contribution is 6.57. The van der Waals surface area contributed by atoms with Crippen molar-refractivity contribution in [3.63, 3.8) is 0 Å². The number of hydrogen-bond donors (Lipinski definition) is 4. The van der Waals surface area contributed by atoms with Gasteiger partial charge in [0.1, 0.15) is 0 Å². The minimum atomic E-state index is -1.13. The molecule has 3 amide bonds. The molecule has 0 saturated carbocycles. The van der Waals surface area contributed by atoms with Crippen LogP contribution in [0, 0.1) is 0 Å². The maximum absolute atomic E-state index is 12.2. The van der Waals surface area contributed by atoms with E-state index >= 15 is 0 Å². The monoisotopic (exact) mass is 361 g/mol. The van der Waals surface area contributed by atoms with Gasteiger partial charge in [0.15, 0.2) is 12.1 Å². The molecule has 26 heavy (non-hydrogen) atoms. The summed E-state index contributed by atoms with van der Waals surface area (Å²) in [6.07, 6.45) is 0.625. The van der Waals surface area contributed by atoms with Gasteiger partial charge in [0.2, 0.25) is 13.8 Å². The topological polar surface area (TPSA) is 117 Å². The molecule has 9 heteroatoms. The zero-order valence-electron chi connectivity index (χ0n) is 14.7. The number of ether oxygens (including phenoxy) is 1. The molecule has 0 saturated heterocycles. The molecule has 0 spiro atoms. The van der Waals surface area contributed by atoms with E-state index in [0.29, 0.717) is 31.4 Å². The zero-order chi connectivity index (χ0) is 19.4. The number of unbranched alkanes of at least 4 members (excludes halogenated alkanes) is 1. The van der Waals surface area contributed by atoms with Crippen molar-refractivity contribution in [1.29, 1.82) is 0 Å². The number of benzene rings is 1. The number of rotatable bonds is 11. The second-order valence-corrected chi connectivity index (χ2v) is 5.64. The van der Waals surface area contributed by atoms with Gasteiger partial charge in [-0.05, 0) is 31.4 Å². The summed E-state index contributed by atoms with van der Waals surface area (Å²) < 4.78 is 4.92. The summed E-state index contributed by atoms with van der Waals surface area (Å²) in [6.45, 7) is 0.231. The van der Waals surface area contributed by atoms with Crippen LogP contribution in [0.2, 0.25) is 0 Å².